The molecule has 0 N–H and O–H groups in total. The summed E-state index contributed by atoms with van der Waals surface area (Å²) in [7, 11) is 1.62. The summed E-state index contributed by atoms with van der Waals surface area (Å²) in [5.41, 5.74) is 0. The third-order valence-corrected chi connectivity index (χ3v) is 2.31. The van der Waals surface area contributed by atoms with Gasteiger partial charge in [-0.3, -0.25) is 4.79 Å². The Bertz CT molecular complexity index is 406. The first-order valence-corrected chi connectivity index (χ1v) is 5.40. The number of nitriles is 1. The smallest absolute Gasteiger partial charge is 0.196 e. The molecule has 0 radical (unpaired) electrons. The first kappa shape index (κ1) is 13.3. The van der Waals surface area contributed by atoms with E-state index >= 15 is 0 Å². The number of nitrogens with zero attached hydrogens (tertiary/aromatic N) is 2. The largest absolute Gasteiger partial charge is 0.437 e. The van der Waals surface area contributed by atoms with Crippen LogP contribution in [-0.4, -0.2) is 32.6 Å². The maximum atomic E-state index is 11.1. The van der Waals surface area contributed by atoms with Crippen LogP contribution in [0.4, 0.5) is 5.88 Å². The highest BCUT2D eigenvalue weighted by Gasteiger charge is 2.12. The molecule has 5 heteroatoms. The van der Waals surface area contributed by atoms with Gasteiger partial charge in [0.2, 0.25) is 0 Å². The van der Waals surface area contributed by atoms with Gasteiger partial charge in [-0.05, 0) is 6.07 Å². The number of hydrogen-bond acceptors (Lipinski definition) is 5. The molecular formula is C12H16N2O3. The van der Waals surface area contributed by atoms with Gasteiger partial charge in [-0.25, -0.2) is 0 Å². The summed E-state index contributed by atoms with van der Waals surface area (Å²) in [5.74, 6) is 0.824. The molecule has 1 aromatic rings. The zero-order chi connectivity index (χ0) is 12.7. The minimum Gasteiger partial charge on any atom is -0.437 e. The van der Waals surface area contributed by atoms with Gasteiger partial charge in [0.25, 0.3) is 0 Å². The molecule has 1 heterocycles. The molecule has 92 valence electrons. The average Bonchev–Trinajstić information content (AvgIpc) is 2.79. The molecule has 0 saturated carbocycles. The number of carbonyl (C=O) groups excluding carboxylic acids is 1. The standard InChI is InChI=1S/C12H16N2O3/c1-10(15)11-4-5-12(17-11)14(7-3-6-13)8-9-16-2/h4-5H,3,7-9H2,1-2H3. The third-order valence-electron chi connectivity index (χ3n) is 2.31. The molecule has 5 nitrogen and oxygen atoms in total. The van der Waals surface area contributed by atoms with Crippen LogP contribution in [-0.2, 0) is 4.74 Å². The summed E-state index contributed by atoms with van der Waals surface area (Å²) in [6, 6.07) is 5.47. The Hall–Kier alpha value is -1.80. The Kier molecular flexibility index (Phi) is 5.24. The van der Waals surface area contributed by atoms with Crippen molar-refractivity contribution in [2.75, 3.05) is 31.7 Å². The zero-order valence-corrected chi connectivity index (χ0v) is 10.1. The van der Waals surface area contributed by atoms with Crippen LogP contribution in [0.5, 0.6) is 0 Å². The zero-order valence-electron chi connectivity index (χ0n) is 10.1. The number of carbonyl (C=O) groups is 1. The molecule has 0 aliphatic rings. The van der Waals surface area contributed by atoms with Crippen LogP contribution >= 0.6 is 0 Å². The van der Waals surface area contributed by atoms with E-state index in [0.29, 0.717) is 37.8 Å². The van der Waals surface area contributed by atoms with Crippen LogP contribution in [0, 0.1) is 11.3 Å². The van der Waals surface area contributed by atoms with E-state index in [1.807, 2.05) is 4.90 Å². The number of rotatable bonds is 7. The topological polar surface area (TPSA) is 66.5 Å². The Labute approximate surface area is 101 Å². The van der Waals surface area contributed by atoms with Crippen LogP contribution < -0.4 is 4.90 Å². The molecule has 1 aromatic heterocycles. The highest BCUT2D eigenvalue weighted by atomic mass is 16.5. The Morgan fingerprint density at radius 2 is 2.29 bits per heavy atom. The van der Waals surface area contributed by atoms with Crippen molar-refractivity contribution < 1.29 is 13.9 Å². The first-order chi connectivity index (χ1) is 8.19. The number of Topliss-reactive ketones (excluding diaryl/α,β-unsaturated/α-hetero) is 1. The Morgan fingerprint density at radius 3 is 2.82 bits per heavy atom. The number of ether oxygens (including phenoxy) is 1. The van der Waals surface area contributed by atoms with Crippen molar-refractivity contribution in [1.29, 1.82) is 5.26 Å². The van der Waals surface area contributed by atoms with Gasteiger partial charge in [-0.15, -0.1) is 0 Å². The molecular weight excluding hydrogens is 220 g/mol. The molecule has 0 aromatic carbocycles. The Morgan fingerprint density at radius 1 is 1.53 bits per heavy atom. The van der Waals surface area contributed by atoms with Crippen molar-refractivity contribution in [3.63, 3.8) is 0 Å². The van der Waals surface area contributed by atoms with Crippen molar-refractivity contribution in [3.8, 4) is 6.07 Å². The third kappa shape index (κ3) is 3.93. The van der Waals surface area contributed by atoms with Crippen LogP contribution in [0.1, 0.15) is 23.9 Å². The summed E-state index contributed by atoms with van der Waals surface area (Å²) in [5, 5.41) is 8.59. The van der Waals surface area contributed by atoms with Gasteiger partial charge in [0.15, 0.2) is 17.4 Å². The molecule has 0 aliphatic heterocycles. The lowest BCUT2D eigenvalue weighted by atomic mass is 10.3. The van der Waals surface area contributed by atoms with Gasteiger partial charge in [-0.1, -0.05) is 0 Å². The predicted octanol–water partition coefficient (Wildman–Crippen LogP) is 1.85. The van der Waals surface area contributed by atoms with Crippen molar-refractivity contribution in [3.05, 3.63) is 17.9 Å². The van der Waals surface area contributed by atoms with E-state index in [4.69, 9.17) is 14.4 Å². The molecule has 0 fully saturated rings. The molecule has 0 saturated heterocycles. The summed E-state index contributed by atoms with van der Waals surface area (Å²) in [6.45, 7) is 3.19. The van der Waals surface area contributed by atoms with E-state index in [9.17, 15) is 4.79 Å². The van der Waals surface area contributed by atoms with E-state index < -0.39 is 0 Å². The van der Waals surface area contributed by atoms with Crippen molar-refractivity contribution in [2.24, 2.45) is 0 Å². The number of ketones is 1. The lowest BCUT2D eigenvalue weighted by molar-refractivity contribution is 0.0987. The van der Waals surface area contributed by atoms with E-state index in [1.54, 1.807) is 19.2 Å². The summed E-state index contributed by atoms with van der Waals surface area (Å²) in [4.78, 5) is 13.0. The average molecular weight is 236 g/mol. The van der Waals surface area contributed by atoms with Crippen LogP contribution in [0.15, 0.2) is 16.5 Å². The van der Waals surface area contributed by atoms with Crippen molar-refractivity contribution in [1.82, 2.24) is 0 Å². The van der Waals surface area contributed by atoms with Crippen LogP contribution in [0.2, 0.25) is 0 Å². The normalized spacial score (nSPS) is 9.94. The van der Waals surface area contributed by atoms with Crippen molar-refractivity contribution >= 4 is 11.7 Å². The number of anilines is 1. The summed E-state index contributed by atoms with van der Waals surface area (Å²) in [6.07, 6.45) is 0.403. The fraction of sp³-hybridized carbons (Fsp3) is 0.500. The van der Waals surface area contributed by atoms with E-state index in [1.165, 1.54) is 6.92 Å². The molecule has 0 bridgehead atoms. The monoisotopic (exact) mass is 236 g/mol. The molecule has 0 aliphatic carbocycles. The SMILES string of the molecule is COCCN(CCC#N)c1ccc(C(C)=O)o1. The van der Waals surface area contributed by atoms with Gasteiger partial charge >= 0.3 is 0 Å². The van der Waals surface area contributed by atoms with E-state index in [2.05, 4.69) is 6.07 Å². The maximum Gasteiger partial charge on any atom is 0.196 e. The van der Waals surface area contributed by atoms with Gasteiger partial charge < -0.3 is 14.1 Å². The minimum absolute atomic E-state index is 0.108. The van der Waals surface area contributed by atoms with Crippen molar-refractivity contribution in [2.45, 2.75) is 13.3 Å². The summed E-state index contributed by atoms with van der Waals surface area (Å²) >= 11 is 0. The number of hydrogen-bond donors (Lipinski definition) is 0. The second-order valence-electron chi connectivity index (χ2n) is 3.58. The molecule has 0 spiro atoms. The lowest BCUT2D eigenvalue weighted by Crippen LogP contribution is -2.27. The fourth-order valence-electron chi connectivity index (χ4n) is 1.41. The second-order valence-corrected chi connectivity index (χ2v) is 3.58. The van der Waals surface area contributed by atoms with Crippen LogP contribution in [0.3, 0.4) is 0 Å². The van der Waals surface area contributed by atoms with Gasteiger partial charge in [-0.2, -0.15) is 5.26 Å². The number of furan rings is 1. The van der Waals surface area contributed by atoms with Gasteiger partial charge in [0.1, 0.15) is 0 Å². The molecule has 1 rings (SSSR count). The maximum absolute atomic E-state index is 11.1. The number of methoxy groups -OCH3 is 1. The van der Waals surface area contributed by atoms with Gasteiger partial charge in [0.05, 0.1) is 19.1 Å². The van der Waals surface area contributed by atoms with Crippen LogP contribution in [0.25, 0.3) is 0 Å². The van der Waals surface area contributed by atoms with E-state index in [-0.39, 0.29) is 5.78 Å². The fourth-order valence-corrected chi connectivity index (χ4v) is 1.41. The highest BCUT2D eigenvalue weighted by molar-refractivity contribution is 5.91. The quantitative estimate of drug-likeness (QED) is 0.676. The first-order valence-electron chi connectivity index (χ1n) is 5.40. The van der Waals surface area contributed by atoms with Gasteiger partial charge in [0, 0.05) is 33.2 Å². The second kappa shape index (κ2) is 6.71. The molecule has 0 atom stereocenters. The molecule has 17 heavy (non-hydrogen) atoms. The van der Waals surface area contributed by atoms with E-state index in [0.717, 1.165) is 0 Å². The minimum atomic E-state index is -0.108. The highest BCUT2D eigenvalue weighted by Crippen LogP contribution is 2.19. The predicted molar refractivity (Wildman–Crippen MR) is 63.0 cm³/mol. The molecule has 0 amide bonds. The Balaban J connectivity index is 2.73. The summed E-state index contributed by atoms with van der Waals surface area (Å²) < 4.78 is 10.4. The molecule has 0 unspecified atom stereocenters. The lowest BCUT2D eigenvalue weighted by Gasteiger charge is -2.19.